The lowest BCUT2D eigenvalue weighted by Crippen LogP contribution is -2.25. The van der Waals surface area contributed by atoms with Crippen molar-refractivity contribution >= 4 is 15.8 Å². The number of hydrogen-bond acceptors (Lipinski definition) is 3. The van der Waals surface area contributed by atoms with Crippen LogP contribution in [-0.4, -0.2) is 31.8 Å². The standard InChI is InChI=1S/C11H17NO3S/c1-2-12(9-6-10-16(13,14)15)11-7-4-3-5-8-11/h3-5,7-8H,2,6,9-10H2,1H3,(H,13,14,15). The summed E-state index contributed by atoms with van der Waals surface area (Å²) < 4.78 is 29.8. The van der Waals surface area contributed by atoms with Crippen molar-refractivity contribution in [1.29, 1.82) is 0 Å². The lowest BCUT2D eigenvalue weighted by molar-refractivity contribution is 0.481. The Morgan fingerprint density at radius 3 is 2.38 bits per heavy atom. The average Bonchev–Trinajstić information content (AvgIpc) is 2.24. The van der Waals surface area contributed by atoms with E-state index in [0.717, 1.165) is 12.2 Å². The normalized spacial score (nSPS) is 11.4. The van der Waals surface area contributed by atoms with Gasteiger partial charge in [0.1, 0.15) is 0 Å². The third-order valence-corrected chi connectivity index (χ3v) is 3.14. The number of hydrogen-bond donors (Lipinski definition) is 1. The minimum Gasteiger partial charge on any atom is -0.372 e. The van der Waals surface area contributed by atoms with Crippen molar-refractivity contribution < 1.29 is 13.0 Å². The number of anilines is 1. The van der Waals surface area contributed by atoms with Crippen molar-refractivity contribution in [3.8, 4) is 0 Å². The van der Waals surface area contributed by atoms with Gasteiger partial charge in [0.2, 0.25) is 0 Å². The highest BCUT2D eigenvalue weighted by Gasteiger charge is 2.07. The van der Waals surface area contributed by atoms with Gasteiger partial charge in [-0.2, -0.15) is 8.42 Å². The van der Waals surface area contributed by atoms with E-state index in [1.165, 1.54) is 0 Å². The molecule has 5 heteroatoms. The lowest BCUT2D eigenvalue weighted by Gasteiger charge is -2.22. The lowest BCUT2D eigenvalue weighted by atomic mass is 10.3. The Morgan fingerprint density at radius 1 is 1.25 bits per heavy atom. The van der Waals surface area contributed by atoms with Gasteiger partial charge in [0.25, 0.3) is 10.1 Å². The van der Waals surface area contributed by atoms with E-state index < -0.39 is 10.1 Å². The highest BCUT2D eigenvalue weighted by Crippen LogP contribution is 2.13. The predicted molar refractivity (Wildman–Crippen MR) is 65.4 cm³/mol. The molecule has 0 amide bonds. The summed E-state index contributed by atoms with van der Waals surface area (Å²) in [4.78, 5) is 2.07. The summed E-state index contributed by atoms with van der Waals surface area (Å²) in [5.74, 6) is -0.184. The van der Waals surface area contributed by atoms with Crippen LogP contribution in [-0.2, 0) is 10.1 Å². The Hall–Kier alpha value is -1.07. The van der Waals surface area contributed by atoms with E-state index in [4.69, 9.17) is 4.55 Å². The molecular weight excluding hydrogens is 226 g/mol. The quantitative estimate of drug-likeness (QED) is 0.774. The molecule has 0 aliphatic carbocycles. The van der Waals surface area contributed by atoms with Gasteiger partial charge in [0.05, 0.1) is 5.75 Å². The van der Waals surface area contributed by atoms with Gasteiger partial charge in [0.15, 0.2) is 0 Å². The van der Waals surface area contributed by atoms with E-state index in [2.05, 4.69) is 4.90 Å². The van der Waals surface area contributed by atoms with Gasteiger partial charge < -0.3 is 4.90 Å². The van der Waals surface area contributed by atoms with Gasteiger partial charge in [-0.3, -0.25) is 4.55 Å². The molecule has 0 saturated heterocycles. The summed E-state index contributed by atoms with van der Waals surface area (Å²) in [6, 6.07) is 9.80. The van der Waals surface area contributed by atoms with Crippen LogP contribution in [0.2, 0.25) is 0 Å². The van der Waals surface area contributed by atoms with Crippen LogP contribution in [0.25, 0.3) is 0 Å². The second-order valence-electron chi connectivity index (χ2n) is 3.55. The van der Waals surface area contributed by atoms with Crippen molar-refractivity contribution in [3.63, 3.8) is 0 Å². The van der Waals surface area contributed by atoms with Gasteiger partial charge in [-0.15, -0.1) is 0 Å². The maximum Gasteiger partial charge on any atom is 0.264 e. The third kappa shape index (κ3) is 4.63. The zero-order valence-corrected chi connectivity index (χ0v) is 10.2. The zero-order chi connectivity index (χ0) is 12.0. The minimum absolute atomic E-state index is 0.184. The molecule has 0 atom stereocenters. The highest BCUT2D eigenvalue weighted by atomic mass is 32.2. The van der Waals surface area contributed by atoms with Gasteiger partial charge >= 0.3 is 0 Å². The molecular formula is C11H17NO3S. The molecule has 90 valence electrons. The van der Waals surface area contributed by atoms with Crippen LogP contribution in [0.5, 0.6) is 0 Å². The first-order valence-electron chi connectivity index (χ1n) is 5.28. The van der Waals surface area contributed by atoms with Crippen molar-refractivity contribution in [2.75, 3.05) is 23.7 Å². The molecule has 0 unspecified atom stereocenters. The average molecular weight is 243 g/mol. The van der Waals surface area contributed by atoms with Crippen LogP contribution in [0.4, 0.5) is 5.69 Å². The molecule has 1 N–H and O–H groups in total. The van der Waals surface area contributed by atoms with E-state index in [0.29, 0.717) is 13.0 Å². The van der Waals surface area contributed by atoms with Crippen LogP contribution in [0.3, 0.4) is 0 Å². The number of rotatable bonds is 6. The molecule has 0 bridgehead atoms. The molecule has 0 heterocycles. The van der Waals surface area contributed by atoms with Gasteiger partial charge in [-0.05, 0) is 25.5 Å². The monoisotopic (exact) mass is 243 g/mol. The highest BCUT2D eigenvalue weighted by molar-refractivity contribution is 7.85. The Kier molecular flexibility index (Phi) is 4.76. The van der Waals surface area contributed by atoms with Crippen molar-refractivity contribution in [1.82, 2.24) is 0 Å². The fourth-order valence-electron chi connectivity index (χ4n) is 1.55. The largest absolute Gasteiger partial charge is 0.372 e. The molecule has 1 aromatic rings. The fourth-order valence-corrected chi connectivity index (χ4v) is 2.04. The molecule has 1 rings (SSSR count). The van der Waals surface area contributed by atoms with Gasteiger partial charge in [-0.1, -0.05) is 18.2 Å². The van der Waals surface area contributed by atoms with Crippen molar-refractivity contribution in [2.45, 2.75) is 13.3 Å². The summed E-state index contributed by atoms with van der Waals surface area (Å²) >= 11 is 0. The summed E-state index contributed by atoms with van der Waals surface area (Å²) in [5, 5.41) is 0. The molecule has 0 saturated carbocycles. The molecule has 0 radical (unpaired) electrons. The summed E-state index contributed by atoms with van der Waals surface area (Å²) in [7, 11) is -3.84. The number of nitrogens with zero attached hydrogens (tertiary/aromatic N) is 1. The first kappa shape index (κ1) is 13.0. The number of para-hydroxylation sites is 1. The van der Waals surface area contributed by atoms with Crippen LogP contribution >= 0.6 is 0 Å². The molecule has 16 heavy (non-hydrogen) atoms. The molecule has 0 spiro atoms. The van der Waals surface area contributed by atoms with Gasteiger partial charge in [-0.25, -0.2) is 0 Å². The first-order chi connectivity index (χ1) is 7.53. The van der Waals surface area contributed by atoms with E-state index in [1.54, 1.807) is 0 Å². The molecule has 0 aromatic heterocycles. The summed E-state index contributed by atoms with van der Waals surface area (Å²) in [5.41, 5.74) is 1.07. The zero-order valence-electron chi connectivity index (χ0n) is 9.33. The minimum atomic E-state index is -3.84. The summed E-state index contributed by atoms with van der Waals surface area (Å²) in [6.07, 6.45) is 0.432. The van der Waals surface area contributed by atoms with Crippen molar-refractivity contribution in [3.05, 3.63) is 30.3 Å². The van der Waals surface area contributed by atoms with Gasteiger partial charge in [0, 0.05) is 18.8 Å². The topological polar surface area (TPSA) is 57.6 Å². The van der Waals surface area contributed by atoms with E-state index in [-0.39, 0.29) is 5.75 Å². The van der Waals surface area contributed by atoms with Crippen LogP contribution in [0, 0.1) is 0 Å². The van der Waals surface area contributed by atoms with Crippen molar-refractivity contribution in [2.24, 2.45) is 0 Å². The maximum atomic E-state index is 10.6. The maximum absolute atomic E-state index is 10.6. The summed E-state index contributed by atoms with van der Waals surface area (Å²) in [6.45, 7) is 3.45. The van der Waals surface area contributed by atoms with Crippen LogP contribution in [0.15, 0.2) is 30.3 Å². The Morgan fingerprint density at radius 2 is 1.88 bits per heavy atom. The second-order valence-corrected chi connectivity index (χ2v) is 5.13. The first-order valence-corrected chi connectivity index (χ1v) is 6.89. The Balaban J connectivity index is 2.51. The molecule has 0 aliphatic rings. The van der Waals surface area contributed by atoms with Crippen LogP contribution in [0.1, 0.15) is 13.3 Å². The Bertz CT molecular complexity index is 402. The van der Waals surface area contributed by atoms with E-state index in [1.807, 2.05) is 37.3 Å². The molecule has 0 aliphatic heterocycles. The third-order valence-electron chi connectivity index (χ3n) is 2.33. The van der Waals surface area contributed by atoms with E-state index in [9.17, 15) is 8.42 Å². The Labute approximate surface area is 96.6 Å². The molecule has 1 aromatic carbocycles. The molecule has 0 fully saturated rings. The van der Waals surface area contributed by atoms with Crippen LogP contribution < -0.4 is 4.90 Å². The smallest absolute Gasteiger partial charge is 0.264 e. The van der Waals surface area contributed by atoms with E-state index >= 15 is 0 Å². The fraction of sp³-hybridized carbons (Fsp3) is 0.455. The number of benzene rings is 1. The predicted octanol–water partition coefficient (Wildman–Crippen LogP) is 1.79. The molecule has 4 nitrogen and oxygen atoms in total. The SMILES string of the molecule is CCN(CCCS(=O)(=O)O)c1ccccc1. The second kappa shape index (κ2) is 5.86.